The number of carbonyl (C=O) groups is 4. The van der Waals surface area contributed by atoms with Crippen LogP contribution in [0.15, 0.2) is 48.5 Å². The monoisotopic (exact) mass is 590 g/mol. The molecule has 10 heteroatoms. The predicted octanol–water partition coefficient (Wildman–Crippen LogP) is 3.96. The van der Waals surface area contributed by atoms with E-state index >= 15 is 0 Å². The van der Waals surface area contributed by atoms with Gasteiger partial charge < -0.3 is 25.0 Å². The molecule has 5 rings (SSSR count). The van der Waals surface area contributed by atoms with Crippen LogP contribution < -0.4 is 20.3 Å². The van der Waals surface area contributed by atoms with Crippen LogP contribution in [0, 0.1) is 5.92 Å². The highest BCUT2D eigenvalue weighted by molar-refractivity contribution is 5.97. The lowest BCUT2D eigenvalue weighted by molar-refractivity contribution is -0.146. The number of ether oxygens (including phenoxy) is 2. The molecule has 2 aromatic carbocycles. The number of urea groups is 1. The fraction of sp³-hybridized carbons (Fsp3) is 0.515. The number of nitrogens with zero attached hydrogens (tertiary/aromatic N) is 2. The number of benzene rings is 2. The number of hydrogen-bond acceptors (Lipinski definition) is 6. The van der Waals surface area contributed by atoms with Gasteiger partial charge >= 0.3 is 12.0 Å². The highest BCUT2D eigenvalue weighted by Crippen LogP contribution is 2.30. The lowest BCUT2D eigenvalue weighted by Crippen LogP contribution is -2.55. The van der Waals surface area contributed by atoms with Crippen molar-refractivity contribution >= 4 is 29.5 Å². The molecule has 0 spiro atoms. The maximum absolute atomic E-state index is 13.7. The SMILES string of the molecule is COC(=O)[C@H](CCC(=O)N1CCOc2ccccc2C1)NC(=O)[C@H](CC1CCCCC1)NC(=O)N1CCc2ccccc21. The number of esters is 1. The Balaban J connectivity index is 1.24. The average molecular weight is 591 g/mol. The number of rotatable bonds is 9. The van der Waals surface area contributed by atoms with Gasteiger partial charge in [-0.15, -0.1) is 0 Å². The number of anilines is 1. The second kappa shape index (κ2) is 14.4. The summed E-state index contributed by atoms with van der Waals surface area (Å²) in [5.74, 6) is -0.126. The summed E-state index contributed by atoms with van der Waals surface area (Å²) < 4.78 is 10.8. The van der Waals surface area contributed by atoms with Crippen LogP contribution in [0.25, 0.3) is 0 Å². The molecule has 1 fully saturated rings. The van der Waals surface area contributed by atoms with Gasteiger partial charge in [0.25, 0.3) is 0 Å². The molecule has 0 aromatic heterocycles. The second-order valence-corrected chi connectivity index (χ2v) is 11.7. The lowest BCUT2D eigenvalue weighted by Gasteiger charge is -2.29. The molecule has 1 aliphatic carbocycles. The Morgan fingerprint density at radius 2 is 1.67 bits per heavy atom. The Hall–Kier alpha value is -4.08. The van der Waals surface area contributed by atoms with Crippen LogP contribution in [-0.2, 0) is 32.1 Å². The van der Waals surface area contributed by atoms with Crippen molar-refractivity contribution < 1.29 is 28.7 Å². The van der Waals surface area contributed by atoms with Gasteiger partial charge in [0, 0.05) is 30.8 Å². The van der Waals surface area contributed by atoms with E-state index in [1.807, 2.05) is 48.5 Å². The van der Waals surface area contributed by atoms with E-state index in [-0.39, 0.29) is 24.8 Å². The van der Waals surface area contributed by atoms with Crippen molar-refractivity contribution in [3.63, 3.8) is 0 Å². The van der Waals surface area contributed by atoms with E-state index in [1.54, 1.807) is 9.80 Å². The Labute approximate surface area is 253 Å². The zero-order chi connectivity index (χ0) is 30.2. The van der Waals surface area contributed by atoms with Gasteiger partial charge in [-0.05, 0) is 42.9 Å². The van der Waals surface area contributed by atoms with Crippen LogP contribution in [0.1, 0.15) is 62.5 Å². The minimum Gasteiger partial charge on any atom is -0.491 e. The minimum absolute atomic E-state index is 0.0480. The van der Waals surface area contributed by atoms with Gasteiger partial charge in [0.2, 0.25) is 11.8 Å². The first-order valence-corrected chi connectivity index (χ1v) is 15.5. The van der Waals surface area contributed by atoms with Gasteiger partial charge in [-0.2, -0.15) is 0 Å². The number of fused-ring (bicyclic) bond motifs is 2. The number of carbonyl (C=O) groups excluding carboxylic acids is 4. The van der Waals surface area contributed by atoms with Crippen LogP contribution in [-0.4, -0.2) is 67.6 Å². The molecule has 2 N–H and O–H groups in total. The quantitative estimate of drug-likeness (QED) is 0.427. The third-order valence-electron chi connectivity index (χ3n) is 8.79. The van der Waals surface area contributed by atoms with Crippen molar-refractivity contribution in [2.45, 2.75) is 76.4 Å². The maximum Gasteiger partial charge on any atom is 0.328 e. The summed E-state index contributed by atoms with van der Waals surface area (Å²) in [6.07, 6.45) is 6.78. The van der Waals surface area contributed by atoms with Crippen LogP contribution in [0.3, 0.4) is 0 Å². The molecule has 2 aliphatic heterocycles. The van der Waals surface area contributed by atoms with Gasteiger partial charge in [-0.1, -0.05) is 68.5 Å². The molecule has 10 nitrogen and oxygen atoms in total. The van der Waals surface area contributed by atoms with E-state index in [0.29, 0.717) is 38.6 Å². The Kier molecular flexibility index (Phi) is 10.2. The third kappa shape index (κ3) is 7.66. The van der Waals surface area contributed by atoms with Gasteiger partial charge in [-0.3, -0.25) is 14.5 Å². The Morgan fingerprint density at radius 1 is 0.930 bits per heavy atom. The standard InChI is InChI=1S/C33H42N4O6/c1-42-32(40)26(15-16-30(38)36-19-20-43-29-14-8-6-12-25(29)22-36)34-31(39)27(21-23-9-3-2-4-10-23)35-33(41)37-18-17-24-11-5-7-13-28(24)37/h5-8,11-14,23,26-27H,2-4,9-10,15-22H2,1H3,(H,34,39)(H,35,41)/t26-,27-/m0/s1. The normalized spacial score (nSPS) is 17.9. The first-order chi connectivity index (χ1) is 20.9. The number of hydrogen-bond donors (Lipinski definition) is 2. The molecule has 0 unspecified atom stereocenters. The van der Waals surface area contributed by atoms with E-state index in [0.717, 1.165) is 54.7 Å². The third-order valence-corrected chi connectivity index (χ3v) is 8.79. The number of para-hydroxylation sites is 2. The zero-order valence-electron chi connectivity index (χ0n) is 24.9. The fourth-order valence-electron chi connectivity index (χ4n) is 6.39. The summed E-state index contributed by atoms with van der Waals surface area (Å²) in [6, 6.07) is 13.2. The zero-order valence-corrected chi connectivity index (χ0v) is 24.9. The summed E-state index contributed by atoms with van der Waals surface area (Å²) in [5, 5.41) is 5.79. The number of methoxy groups -OCH3 is 1. The van der Waals surface area contributed by atoms with Gasteiger partial charge in [0.05, 0.1) is 13.7 Å². The molecular weight excluding hydrogens is 548 g/mol. The maximum atomic E-state index is 13.7. The first kappa shape index (κ1) is 30.4. The van der Waals surface area contributed by atoms with Gasteiger partial charge in [0.1, 0.15) is 24.4 Å². The predicted molar refractivity (Wildman–Crippen MR) is 162 cm³/mol. The van der Waals surface area contributed by atoms with Gasteiger partial charge in [0.15, 0.2) is 0 Å². The van der Waals surface area contributed by atoms with Crippen molar-refractivity contribution in [3.05, 3.63) is 59.7 Å². The van der Waals surface area contributed by atoms with Crippen molar-refractivity contribution in [3.8, 4) is 5.75 Å². The van der Waals surface area contributed by atoms with E-state index < -0.39 is 24.0 Å². The van der Waals surface area contributed by atoms with Crippen molar-refractivity contribution in [1.29, 1.82) is 0 Å². The molecule has 1 saturated carbocycles. The molecule has 43 heavy (non-hydrogen) atoms. The number of amides is 4. The van der Waals surface area contributed by atoms with Crippen LogP contribution >= 0.6 is 0 Å². The molecule has 2 atom stereocenters. The van der Waals surface area contributed by atoms with Crippen LogP contribution in [0.4, 0.5) is 10.5 Å². The fourth-order valence-corrected chi connectivity index (χ4v) is 6.39. The summed E-state index contributed by atoms with van der Waals surface area (Å²) in [7, 11) is 1.26. The number of nitrogens with one attached hydrogen (secondary N) is 2. The molecule has 2 heterocycles. The Morgan fingerprint density at radius 3 is 2.47 bits per heavy atom. The molecule has 0 bridgehead atoms. The summed E-state index contributed by atoms with van der Waals surface area (Å²) >= 11 is 0. The highest BCUT2D eigenvalue weighted by Gasteiger charge is 2.33. The molecule has 230 valence electrons. The van der Waals surface area contributed by atoms with Crippen molar-refractivity contribution in [2.24, 2.45) is 5.92 Å². The van der Waals surface area contributed by atoms with Crippen molar-refractivity contribution in [2.75, 3.05) is 31.7 Å². The van der Waals surface area contributed by atoms with E-state index in [4.69, 9.17) is 9.47 Å². The smallest absolute Gasteiger partial charge is 0.328 e. The largest absolute Gasteiger partial charge is 0.491 e. The van der Waals surface area contributed by atoms with Crippen molar-refractivity contribution in [1.82, 2.24) is 15.5 Å². The van der Waals surface area contributed by atoms with Gasteiger partial charge in [-0.25, -0.2) is 9.59 Å². The Bertz CT molecular complexity index is 1310. The molecule has 2 aromatic rings. The molecule has 4 amide bonds. The van der Waals surface area contributed by atoms with Crippen LogP contribution in [0.5, 0.6) is 5.75 Å². The summed E-state index contributed by atoms with van der Waals surface area (Å²) in [5.41, 5.74) is 2.87. The van der Waals surface area contributed by atoms with Crippen LogP contribution in [0.2, 0.25) is 0 Å². The minimum atomic E-state index is -1.02. The topological polar surface area (TPSA) is 117 Å². The second-order valence-electron chi connectivity index (χ2n) is 11.7. The first-order valence-electron chi connectivity index (χ1n) is 15.5. The lowest BCUT2D eigenvalue weighted by atomic mass is 9.84. The molecular formula is C33H42N4O6. The van der Waals surface area contributed by atoms with E-state index in [1.165, 1.54) is 13.5 Å². The highest BCUT2D eigenvalue weighted by atomic mass is 16.5. The molecule has 0 radical (unpaired) electrons. The average Bonchev–Trinajstić information content (AvgIpc) is 3.35. The summed E-state index contributed by atoms with van der Waals surface area (Å²) in [4.78, 5) is 56.5. The summed E-state index contributed by atoms with van der Waals surface area (Å²) in [6.45, 7) is 1.77. The molecule has 0 saturated heterocycles. The molecule has 3 aliphatic rings. The van der Waals surface area contributed by atoms with E-state index in [9.17, 15) is 19.2 Å². The van der Waals surface area contributed by atoms with E-state index in [2.05, 4.69) is 10.6 Å².